The Morgan fingerprint density at radius 1 is 1.07 bits per heavy atom. The summed E-state index contributed by atoms with van der Waals surface area (Å²) in [6, 6.07) is 8.58. The van der Waals surface area contributed by atoms with Crippen molar-refractivity contribution in [3.05, 3.63) is 35.4 Å². The second-order valence-electron chi connectivity index (χ2n) is 10.1. The third kappa shape index (κ3) is 9.82. The molecule has 0 unspecified atom stereocenters. The Labute approximate surface area is 196 Å². The van der Waals surface area contributed by atoms with Crippen LogP contribution in [-0.2, 0) is 11.2 Å². The largest absolute Gasteiger partial charge is 1.00 e. The monoisotopic (exact) mass is 514 g/mol. The maximum Gasteiger partial charge on any atom is 0.227 e. The molecule has 1 fully saturated rings. The zero-order valence-electron chi connectivity index (χ0n) is 19.3. The summed E-state index contributed by atoms with van der Waals surface area (Å²) in [6.45, 7) is 9.68. The van der Waals surface area contributed by atoms with Gasteiger partial charge in [0.15, 0.2) is 0 Å². The van der Waals surface area contributed by atoms with Crippen LogP contribution in [0.4, 0.5) is 0 Å². The first kappa shape index (κ1) is 26.4. The Bertz CT molecular complexity index is 591. The number of carbonyl (C=O) groups is 1. The van der Waals surface area contributed by atoms with Gasteiger partial charge in [0.25, 0.3) is 0 Å². The molecule has 0 bridgehead atoms. The van der Waals surface area contributed by atoms with Gasteiger partial charge in [-0.25, -0.2) is 0 Å². The predicted octanol–water partition coefficient (Wildman–Crippen LogP) is 2.16. The van der Waals surface area contributed by atoms with Crippen molar-refractivity contribution in [3.8, 4) is 0 Å². The molecule has 1 N–H and O–H groups in total. The van der Waals surface area contributed by atoms with Crippen LogP contribution in [0, 0.1) is 11.8 Å². The fourth-order valence-electron chi connectivity index (χ4n) is 4.60. The predicted molar refractivity (Wildman–Crippen MR) is 119 cm³/mol. The third-order valence-electron chi connectivity index (χ3n) is 6.23. The van der Waals surface area contributed by atoms with Gasteiger partial charge in [-0.1, -0.05) is 57.4 Å². The Kier molecular flexibility index (Phi) is 11.8. The Morgan fingerprint density at radius 3 is 2.28 bits per heavy atom. The van der Waals surface area contributed by atoms with Crippen molar-refractivity contribution in [2.75, 3.05) is 33.7 Å². The minimum absolute atomic E-state index is 0. The number of nitrogens with zero attached hydrogens (tertiary/aromatic N) is 1. The first-order valence-corrected chi connectivity index (χ1v) is 11.5. The molecule has 1 aromatic carbocycles. The second kappa shape index (κ2) is 12.9. The lowest BCUT2D eigenvalue weighted by atomic mass is 9.88. The van der Waals surface area contributed by atoms with Gasteiger partial charge in [-0.2, -0.15) is 0 Å². The van der Waals surface area contributed by atoms with Crippen LogP contribution in [0.15, 0.2) is 24.3 Å². The zero-order valence-corrected chi connectivity index (χ0v) is 21.5. The Hall–Kier alpha value is -0.620. The average molecular weight is 515 g/mol. The summed E-state index contributed by atoms with van der Waals surface area (Å²) in [6.07, 6.45) is 9.21. The van der Waals surface area contributed by atoms with Gasteiger partial charge in [-0.3, -0.25) is 4.79 Å². The van der Waals surface area contributed by atoms with E-state index in [0.29, 0.717) is 5.92 Å². The van der Waals surface area contributed by atoms with Crippen molar-refractivity contribution in [2.24, 2.45) is 11.8 Å². The number of amides is 1. The molecule has 0 spiro atoms. The molecule has 166 valence electrons. The number of benzene rings is 1. The van der Waals surface area contributed by atoms with E-state index in [1.54, 1.807) is 0 Å². The van der Waals surface area contributed by atoms with Crippen LogP contribution in [-0.4, -0.2) is 44.1 Å². The number of rotatable bonds is 10. The summed E-state index contributed by atoms with van der Waals surface area (Å²) in [5.74, 6) is 1.62. The SMILES string of the molecule is CC(C)Cc1ccc([C@@H](C)C(=O)NCCC[N+](C)(C)CC2CCCCC2)cc1.[I-]. The minimum atomic E-state index is -0.0853. The van der Waals surface area contributed by atoms with Crippen molar-refractivity contribution in [3.63, 3.8) is 0 Å². The molecule has 3 nitrogen and oxygen atoms in total. The molecule has 1 atom stereocenters. The molecule has 2 rings (SSSR count). The normalized spacial score (nSPS) is 16.3. The molecule has 1 aromatic rings. The van der Waals surface area contributed by atoms with Crippen molar-refractivity contribution in [2.45, 2.75) is 71.6 Å². The van der Waals surface area contributed by atoms with Crippen LogP contribution in [0.25, 0.3) is 0 Å². The molecule has 0 aromatic heterocycles. The van der Waals surface area contributed by atoms with Crippen LogP contribution >= 0.6 is 0 Å². The highest BCUT2D eigenvalue weighted by molar-refractivity contribution is 5.83. The second-order valence-corrected chi connectivity index (χ2v) is 10.1. The molecule has 29 heavy (non-hydrogen) atoms. The van der Waals surface area contributed by atoms with Crippen LogP contribution in [0.3, 0.4) is 0 Å². The lowest BCUT2D eigenvalue weighted by Gasteiger charge is -2.35. The first-order valence-electron chi connectivity index (χ1n) is 11.5. The van der Waals surface area contributed by atoms with E-state index in [2.05, 4.69) is 57.5 Å². The maximum atomic E-state index is 12.5. The van der Waals surface area contributed by atoms with Crippen LogP contribution in [0.1, 0.15) is 76.3 Å². The molecule has 0 saturated heterocycles. The van der Waals surface area contributed by atoms with Gasteiger partial charge in [0.1, 0.15) is 0 Å². The van der Waals surface area contributed by atoms with E-state index in [1.165, 1.54) is 44.2 Å². The summed E-state index contributed by atoms with van der Waals surface area (Å²) in [4.78, 5) is 12.5. The number of carbonyl (C=O) groups excluding carboxylic acids is 1. The molecular formula is C25H43IN2O. The highest BCUT2D eigenvalue weighted by Crippen LogP contribution is 2.25. The van der Waals surface area contributed by atoms with Gasteiger partial charge < -0.3 is 33.8 Å². The lowest BCUT2D eigenvalue weighted by molar-refractivity contribution is -0.894. The third-order valence-corrected chi connectivity index (χ3v) is 6.23. The van der Waals surface area contributed by atoms with Gasteiger partial charge in [0.2, 0.25) is 5.91 Å². The van der Waals surface area contributed by atoms with Gasteiger partial charge in [0, 0.05) is 18.9 Å². The quantitative estimate of drug-likeness (QED) is 0.290. The molecule has 0 heterocycles. The van der Waals surface area contributed by atoms with Gasteiger partial charge >= 0.3 is 0 Å². The number of hydrogen-bond donors (Lipinski definition) is 1. The Balaban J connectivity index is 0.00000420. The summed E-state index contributed by atoms with van der Waals surface area (Å²) in [5.41, 5.74) is 2.46. The van der Waals surface area contributed by atoms with Gasteiger partial charge in [-0.05, 0) is 43.2 Å². The van der Waals surface area contributed by atoms with E-state index in [9.17, 15) is 4.79 Å². The molecule has 1 aliphatic rings. The average Bonchev–Trinajstić information content (AvgIpc) is 2.65. The summed E-state index contributed by atoms with van der Waals surface area (Å²) in [5, 5.41) is 3.16. The fourth-order valence-corrected chi connectivity index (χ4v) is 4.60. The fraction of sp³-hybridized carbons (Fsp3) is 0.720. The number of nitrogens with one attached hydrogen (secondary N) is 1. The van der Waals surface area contributed by atoms with Gasteiger partial charge in [0.05, 0.1) is 33.1 Å². The molecule has 0 radical (unpaired) electrons. The van der Waals surface area contributed by atoms with E-state index in [1.807, 2.05) is 6.92 Å². The van der Waals surface area contributed by atoms with Crippen LogP contribution in [0.5, 0.6) is 0 Å². The van der Waals surface area contributed by atoms with Crippen LogP contribution < -0.4 is 29.3 Å². The summed E-state index contributed by atoms with van der Waals surface area (Å²) < 4.78 is 1.08. The summed E-state index contributed by atoms with van der Waals surface area (Å²) >= 11 is 0. The molecule has 1 saturated carbocycles. The van der Waals surface area contributed by atoms with Crippen molar-refractivity contribution < 1.29 is 33.3 Å². The van der Waals surface area contributed by atoms with E-state index >= 15 is 0 Å². The number of halogens is 1. The van der Waals surface area contributed by atoms with Gasteiger partial charge in [-0.15, -0.1) is 0 Å². The highest BCUT2D eigenvalue weighted by atomic mass is 127. The van der Waals surface area contributed by atoms with Crippen molar-refractivity contribution in [1.82, 2.24) is 5.32 Å². The van der Waals surface area contributed by atoms with E-state index in [0.717, 1.165) is 41.9 Å². The molecule has 4 heteroatoms. The van der Waals surface area contributed by atoms with E-state index in [-0.39, 0.29) is 35.8 Å². The van der Waals surface area contributed by atoms with Crippen molar-refractivity contribution in [1.29, 1.82) is 0 Å². The molecule has 1 aliphatic carbocycles. The minimum Gasteiger partial charge on any atom is -1.00 e. The number of quaternary nitrogens is 1. The topological polar surface area (TPSA) is 29.1 Å². The zero-order chi connectivity index (χ0) is 20.6. The Morgan fingerprint density at radius 2 is 1.69 bits per heavy atom. The standard InChI is InChI=1S/C25H42N2O.HI/c1-20(2)18-22-12-14-24(15-13-22)21(3)25(28)26-16-9-17-27(4,5)19-23-10-7-6-8-11-23;/h12-15,20-21,23H,6-11,16-19H2,1-5H3;1H/t21-;/m1./s1. The first-order chi connectivity index (χ1) is 13.3. The molecule has 1 amide bonds. The van der Waals surface area contributed by atoms with Crippen molar-refractivity contribution >= 4 is 5.91 Å². The van der Waals surface area contributed by atoms with Crippen LogP contribution in [0.2, 0.25) is 0 Å². The lowest BCUT2D eigenvalue weighted by Crippen LogP contribution is -3.00. The van der Waals surface area contributed by atoms with E-state index in [4.69, 9.17) is 0 Å². The molecule has 0 aliphatic heterocycles. The number of hydrogen-bond acceptors (Lipinski definition) is 1. The maximum absolute atomic E-state index is 12.5. The molecular weight excluding hydrogens is 471 g/mol. The smallest absolute Gasteiger partial charge is 0.227 e. The summed E-state index contributed by atoms with van der Waals surface area (Å²) in [7, 11) is 4.69. The van der Waals surface area contributed by atoms with E-state index < -0.39 is 0 Å². The highest BCUT2D eigenvalue weighted by Gasteiger charge is 2.23.